The monoisotopic (exact) mass is 381 g/mol. The molecule has 0 amide bonds. The highest BCUT2D eigenvalue weighted by atomic mass is 32.2. The van der Waals surface area contributed by atoms with Gasteiger partial charge in [0.15, 0.2) is 0 Å². The van der Waals surface area contributed by atoms with E-state index in [1.807, 2.05) is 30.0 Å². The van der Waals surface area contributed by atoms with Crippen LogP contribution in [0.25, 0.3) is 0 Å². The molecule has 1 fully saturated rings. The molecule has 3 rings (SSSR count). The Morgan fingerprint density at radius 2 is 1.85 bits per heavy atom. The van der Waals surface area contributed by atoms with Crippen LogP contribution in [0.15, 0.2) is 76.0 Å². The molecule has 0 aromatic heterocycles. The molecule has 2 aromatic rings. The average molecular weight is 382 g/mol. The number of hydrogen-bond acceptors (Lipinski definition) is 3. The quantitative estimate of drug-likeness (QED) is 0.289. The van der Waals surface area contributed by atoms with Gasteiger partial charge in [-0.1, -0.05) is 66.9 Å². The summed E-state index contributed by atoms with van der Waals surface area (Å²) in [4.78, 5) is 6.15. The highest BCUT2D eigenvalue weighted by Crippen LogP contribution is 2.29. The zero-order chi connectivity index (χ0) is 18.0. The van der Waals surface area contributed by atoms with Crippen LogP contribution in [0.4, 0.5) is 5.69 Å². The number of benzene rings is 2. The van der Waals surface area contributed by atoms with E-state index in [0.717, 1.165) is 16.6 Å². The SMILES string of the molecule is Cc1cccc(SC=CC(=Nc2ccccc2)SCC2CCCCC2)c1. The van der Waals surface area contributed by atoms with Gasteiger partial charge in [-0.25, -0.2) is 4.99 Å². The van der Waals surface area contributed by atoms with E-state index < -0.39 is 0 Å². The zero-order valence-electron chi connectivity index (χ0n) is 15.4. The first-order valence-corrected chi connectivity index (χ1v) is 11.3. The number of aliphatic imine (C=N–C) groups is 1. The van der Waals surface area contributed by atoms with Crippen LogP contribution in [0.5, 0.6) is 0 Å². The average Bonchev–Trinajstić information content (AvgIpc) is 2.68. The molecular formula is C23H27NS2. The van der Waals surface area contributed by atoms with Crippen LogP contribution in [0, 0.1) is 12.8 Å². The molecule has 26 heavy (non-hydrogen) atoms. The number of hydrogen-bond donors (Lipinski definition) is 0. The summed E-state index contributed by atoms with van der Waals surface area (Å²) in [7, 11) is 0. The third-order valence-corrected chi connectivity index (χ3v) is 6.55. The van der Waals surface area contributed by atoms with Gasteiger partial charge in [0, 0.05) is 10.6 Å². The van der Waals surface area contributed by atoms with Crippen LogP contribution in [0.1, 0.15) is 37.7 Å². The summed E-state index contributed by atoms with van der Waals surface area (Å²) in [6.45, 7) is 2.14. The molecule has 0 heterocycles. The topological polar surface area (TPSA) is 12.4 Å². The molecule has 1 aliphatic rings. The van der Waals surface area contributed by atoms with Crippen LogP contribution >= 0.6 is 23.5 Å². The molecule has 1 aliphatic carbocycles. The van der Waals surface area contributed by atoms with Gasteiger partial charge in [0.05, 0.1) is 10.7 Å². The van der Waals surface area contributed by atoms with Crippen LogP contribution in [0.2, 0.25) is 0 Å². The number of nitrogens with zero attached hydrogens (tertiary/aromatic N) is 1. The van der Waals surface area contributed by atoms with Gasteiger partial charge >= 0.3 is 0 Å². The lowest BCUT2D eigenvalue weighted by Gasteiger charge is -2.20. The van der Waals surface area contributed by atoms with Crippen molar-refractivity contribution in [3.8, 4) is 0 Å². The van der Waals surface area contributed by atoms with Gasteiger partial charge < -0.3 is 0 Å². The van der Waals surface area contributed by atoms with E-state index in [1.54, 1.807) is 11.8 Å². The second-order valence-electron chi connectivity index (χ2n) is 6.84. The van der Waals surface area contributed by atoms with E-state index in [1.165, 1.54) is 48.3 Å². The Hall–Kier alpha value is -1.45. The van der Waals surface area contributed by atoms with Crippen LogP contribution in [-0.4, -0.2) is 10.8 Å². The van der Waals surface area contributed by atoms with E-state index in [0.29, 0.717) is 0 Å². The van der Waals surface area contributed by atoms with Crippen molar-refractivity contribution >= 4 is 34.3 Å². The maximum Gasteiger partial charge on any atom is 0.0972 e. The number of thioether (sulfide) groups is 2. The van der Waals surface area contributed by atoms with Gasteiger partial charge in [-0.15, -0.1) is 11.8 Å². The molecule has 136 valence electrons. The first-order valence-electron chi connectivity index (χ1n) is 9.46. The van der Waals surface area contributed by atoms with Gasteiger partial charge in [-0.05, 0) is 61.4 Å². The normalized spacial score (nSPS) is 16.3. The maximum absolute atomic E-state index is 4.87. The molecule has 0 radical (unpaired) electrons. The second kappa shape index (κ2) is 10.6. The fourth-order valence-electron chi connectivity index (χ4n) is 3.16. The van der Waals surface area contributed by atoms with Crippen LogP contribution in [0.3, 0.4) is 0 Å². The molecule has 0 spiro atoms. The number of para-hydroxylation sites is 1. The first kappa shape index (κ1) is 19.3. The summed E-state index contributed by atoms with van der Waals surface area (Å²) in [5.74, 6) is 2.04. The standard InChI is InChI=1S/C23H27NS2/c1-19-9-8-14-22(17-19)25-16-15-23(24-21-12-6-3-7-13-21)26-18-20-10-4-2-5-11-20/h3,6-9,12-17,20H,2,4-5,10-11,18H2,1H3. The van der Waals surface area contributed by atoms with Crippen LogP contribution in [-0.2, 0) is 0 Å². The molecular weight excluding hydrogens is 354 g/mol. The first-order chi connectivity index (χ1) is 12.8. The van der Waals surface area contributed by atoms with Gasteiger partial charge in [-0.3, -0.25) is 0 Å². The lowest BCUT2D eigenvalue weighted by atomic mass is 9.91. The van der Waals surface area contributed by atoms with E-state index in [-0.39, 0.29) is 0 Å². The van der Waals surface area contributed by atoms with Gasteiger partial charge in [0.2, 0.25) is 0 Å². The third kappa shape index (κ3) is 6.69. The summed E-state index contributed by atoms with van der Waals surface area (Å²) in [5, 5.41) is 3.28. The summed E-state index contributed by atoms with van der Waals surface area (Å²) in [6.07, 6.45) is 9.15. The van der Waals surface area contributed by atoms with Crippen LogP contribution < -0.4 is 0 Å². The molecule has 0 saturated heterocycles. The van der Waals surface area contributed by atoms with Crippen molar-refractivity contribution < 1.29 is 0 Å². The minimum Gasteiger partial charge on any atom is -0.242 e. The number of rotatable bonds is 6. The van der Waals surface area contributed by atoms with Crippen molar-refractivity contribution in [1.29, 1.82) is 0 Å². The Balaban J connectivity index is 1.65. The molecule has 1 nitrogen and oxygen atoms in total. The summed E-state index contributed by atoms with van der Waals surface area (Å²) >= 11 is 3.67. The van der Waals surface area contributed by atoms with Gasteiger partial charge in [-0.2, -0.15) is 0 Å². The van der Waals surface area contributed by atoms with E-state index in [2.05, 4.69) is 54.8 Å². The molecule has 0 aliphatic heterocycles. The zero-order valence-corrected chi connectivity index (χ0v) is 17.1. The fraction of sp³-hybridized carbons (Fsp3) is 0.348. The van der Waals surface area contributed by atoms with Gasteiger partial charge in [0.1, 0.15) is 0 Å². The van der Waals surface area contributed by atoms with Crippen molar-refractivity contribution in [2.75, 3.05) is 5.75 Å². The summed E-state index contributed by atoms with van der Waals surface area (Å²) in [6, 6.07) is 18.9. The smallest absolute Gasteiger partial charge is 0.0972 e. The predicted octanol–water partition coefficient (Wildman–Crippen LogP) is 7.64. The minimum atomic E-state index is 0.854. The molecule has 3 heteroatoms. The molecule has 2 aromatic carbocycles. The molecule has 0 N–H and O–H groups in total. The number of aryl methyl sites for hydroxylation is 1. The Labute approximate surface area is 166 Å². The lowest BCUT2D eigenvalue weighted by Crippen LogP contribution is -2.09. The highest BCUT2D eigenvalue weighted by molar-refractivity contribution is 8.14. The Morgan fingerprint density at radius 3 is 2.62 bits per heavy atom. The molecule has 0 unspecified atom stereocenters. The van der Waals surface area contributed by atoms with Crippen molar-refractivity contribution in [3.63, 3.8) is 0 Å². The Bertz CT molecular complexity index is 731. The van der Waals surface area contributed by atoms with E-state index in [9.17, 15) is 0 Å². The van der Waals surface area contributed by atoms with Crippen molar-refractivity contribution in [1.82, 2.24) is 0 Å². The fourth-order valence-corrected chi connectivity index (χ4v) is 5.09. The lowest BCUT2D eigenvalue weighted by molar-refractivity contribution is 0.391. The minimum absolute atomic E-state index is 0.854. The highest BCUT2D eigenvalue weighted by Gasteiger charge is 2.14. The van der Waals surface area contributed by atoms with Crippen molar-refractivity contribution in [2.24, 2.45) is 10.9 Å². The molecule has 1 saturated carbocycles. The predicted molar refractivity (Wildman–Crippen MR) is 119 cm³/mol. The Morgan fingerprint density at radius 1 is 1.04 bits per heavy atom. The Kier molecular flexibility index (Phi) is 7.90. The second-order valence-corrected chi connectivity index (χ2v) is 8.86. The van der Waals surface area contributed by atoms with E-state index in [4.69, 9.17) is 4.99 Å². The third-order valence-electron chi connectivity index (χ3n) is 4.59. The van der Waals surface area contributed by atoms with Crippen molar-refractivity contribution in [2.45, 2.75) is 43.9 Å². The van der Waals surface area contributed by atoms with E-state index >= 15 is 0 Å². The van der Waals surface area contributed by atoms with Crippen molar-refractivity contribution in [3.05, 3.63) is 71.6 Å². The molecule has 0 bridgehead atoms. The summed E-state index contributed by atoms with van der Waals surface area (Å²) < 4.78 is 0. The maximum atomic E-state index is 4.87. The van der Waals surface area contributed by atoms with Gasteiger partial charge in [0.25, 0.3) is 0 Å². The summed E-state index contributed by atoms with van der Waals surface area (Å²) in [5.41, 5.74) is 2.33. The largest absolute Gasteiger partial charge is 0.242 e. The molecule has 0 atom stereocenters.